The van der Waals surface area contributed by atoms with Gasteiger partial charge in [-0.05, 0) is 17.9 Å². The van der Waals surface area contributed by atoms with Gasteiger partial charge in [-0.3, -0.25) is 4.72 Å². The first-order valence-electron chi connectivity index (χ1n) is 2.82. The van der Waals surface area contributed by atoms with Crippen molar-refractivity contribution in [3.05, 3.63) is 0 Å². The lowest BCUT2D eigenvalue weighted by atomic mass is 10.2. The molecule has 0 aromatic carbocycles. The molecule has 0 aliphatic rings. The summed E-state index contributed by atoms with van der Waals surface area (Å²) >= 11 is 5.94. The van der Waals surface area contributed by atoms with Gasteiger partial charge < -0.3 is 5.73 Å². The first-order chi connectivity index (χ1) is 4.13. The standard InChI is InChI=1S/C5H12N2S2/c1-4(2)3-7-9-5(6)8/h4,7H,3H2,1-2H3,(H2,6,8). The van der Waals surface area contributed by atoms with Gasteiger partial charge in [-0.25, -0.2) is 0 Å². The molecule has 0 atom stereocenters. The van der Waals surface area contributed by atoms with E-state index in [1.54, 1.807) is 0 Å². The van der Waals surface area contributed by atoms with E-state index in [0.717, 1.165) is 6.54 Å². The van der Waals surface area contributed by atoms with Crippen LogP contribution >= 0.6 is 24.2 Å². The number of nitrogens with two attached hydrogens (primary N) is 1. The topological polar surface area (TPSA) is 38.0 Å². The summed E-state index contributed by atoms with van der Waals surface area (Å²) in [7, 11) is 0. The van der Waals surface area contributed by atoms with E-state index in [-0.39, 0.29) is 0 Å². The fourth-order valence-electron chi connectivity index (χ4n) is 0.279. The Labute approximate surface area is 65.7 Å². The first kappa shape index (κ1) is 9.20. The van der Waals surface area contributed by atoms with Crippen LogP contribution in [0.4, 0.5) is 0 Å². The molecule has 0 radical (unpaired) electrons. The van der Waals surface area contributed by atoms with Crippen molar-refractivity contribution in [1.82, 2.24) is 4.72 Å². The Hall–Kier alpha value is 0.200. The average Bonchev–Trinajstić information content (AvgIpc) is 1.63. The van der Waals surface area contributed by atoms with Crippen molar-refractivity contribution < 1.29 is 0 Å². The van der Waals surface area contributed by atoms with Crippen LogP contribution in [0.15, 0.2) is 0 Å². The summed E-state index contributed by atoms with van der Waals surface area (Å²) < 4.78 is 3.49. The molecule has 0 spiro atoms. The highest BCUT2D eigenvalue weighted by atomic mass is 32.2. The number of nitrogens with one attached hydrogen (secondary N) is 1. The van der Waals surface area contributed by atoms with Crippen molar-refractivity contribution in [2.75, 3.05) is 6.54 Å². The molecule has 0 heterocycles. The molecule has 0 fully saturated rings. The van der Waals surface area contributed by atoms with Crippen molar-refractivity contribution in [2.45, 2.75) is 13.8 Å². The average molecular weight is 164 g/mol. The fraction of sp³-hybridized carbons (Fsp3) is 0.800. The van der Waals surface area contributed by atoms with Gasteiger partial charge in [0.05, 0.1) is 0 Å². The van der Waals surface area contributed by atoms with Gasteiger partial charge in [0, 0.05) is 6.54 Å². The van der Waals surface area contributed by atoms with E-state index >= 15 is 0 Å². The second-order valence-electron chi connectivity index (χ2n) is 2.16. The normalized spacial score (nSPS) is 10.1. The van der Waals surface area contributed by atoms with Gasteiger partial charge in [0.25, 0.3) is 0 Å². The second kappa shape index (κ2) is 5.02. The summed E-state index contributed by atoms with van der Waals surface area (Å²) in [5, 5.41) is 0. The Kier molecular flexibility index (Phi) is 5.13. The van der Waals surface area contributed by atoms with Crippen LogP contribution < -0.4 is 10.5 Å². The highest BCUT2D eigenvalue weighted by molar-refractivity contribution is 8.21. The van der Waals surface area contributed by atoms with Gasteiger partial charge in [0.1, 0.15) is 4.32 Å². The molecule has 0 amide bonds. The molecular weight excluding hydrogens is 152 g/mol. The molecule has 0 rings (SSSR count). The molecule has 0 bridgehead atoms. The minimum absolute atomic E-state index is 0.454. The Morgan fingerprint density at radius 3 is 2.67 bits per heavy atom. The van der Waals surface area contributed by atoms with Crippen molar-refractivity contribution in [3.63, 3.8) is 0 Å². The molecule has 0 aliphatic carbocycles. The van der Waals surface area contributed by atoms with E-state index < -0.39 is 0 Å². The molecule has 0 saturated carbocycles. The van der Waals surface area contributed by atoms with Crippen LogP contribution in [0.3, 0.4) is 0 Å². The zero-order valence-electron chi connectivity index (χ0n) is 5.68. The molecule has 54 valence electrons. The van der Waals surface area contributed by atoms with Crippen LogP contribution in [-0.4, -0.2) is 10.9 Å². The summed E-state index contributed by atoms with van der Waals surface area (Å²) in [6, 6.07) is 0. The van der Waals surface area contributed by atoms with Gasteiger partial charge in [-0.15, -0.1) is 0 Å². The van der Waals surface area contributed by atoms with Gasteiger partial charge in [-0.1, -0.05) is 26.1 Å². The highest BCUT2D eigenvalue weighted by Crippen LogP contribution is 1.95. The van der Waals surface area contributed by atoms with Crippen LogP contribution in [0.2, 0.25) is 0 Å². The van der Waals surface area contributed by atoms with Crippen LogP contribution in [-0.2, 0) is 0 Å². The molecule has 0 aliphatic heterocycles. The summed E-state index contributed by atoms with van der Waals surface area (Å²) in [5.74, 6) is 0.645. The largest absolute Gasteiger partial charge is 0.384 e. The Morgan fingerprint density at radius 1 is 1.78 bits per heavy atom. The van der Waals surface area contributed by atoms with Crippen LogP contribution in [0.5, 0.6) is 0 Å². The quantitative estimate of drug-likeness (QED) is 0.484. The molecule has 2 nitrogen and oxygen atoms in total. The highest BCUT2D eigenvalue weighted by Gasteiger charge is 1.92. The summed E-state index contributed by atoms with van der Waals surface area (Å²) in [6.07, 6.45) is 0. The third-order valence-corrected chi connectivity index (χ3v) is 1.43. The number of hydrogen-bond acceptors (Lipinski definition) is 3. The summed E-state index contributed by atoms with van der Waals surface area (Å²) in [5.41, 5.74) is 5.21. The van der Waals surface area contributed by atoms with Crippen molar-refractivity contribution in [2.24, 2.45) is 11.7 Å². The van der Waals surface area contributed by atoms with Crippen molar-refractivity contribution in [3.8, 4) is 0 Å². The number of rotatable bonds is 3. The first-order valence-corrected chi connectivity index (χ1v) is 4.04. The van der Waals surface area contributed by atoms with E-state index in [0.29, 0.717) is 10.2 Å². The molecule has 3 N–H and O–H groups in total. The molecule has 0 aromatic heterocycles. The minimum atomic E-state index is 0.454. The Morgan fingerprint density at radius 2 is 2.33 bits per heavy atom. The Bertz CT molecular complexity index is 93.0. The van der Waals surface area contributed by atoms with Gasteiger partial charge in [0.15, 0.2) is 0 Å². The Balaban J connectivity index is 3.01. The monoisotopic (exact) mass is 164 g/mol. The van der Waals surface area contributed by atoms with Crippen molar-refractivity contribution in [1.29, 1.82) is 0 Å². The predicted molar refractivity (Wildman–Crippen MR) is 47.2 cm³/mol. The maximum absolute atomic E-state index is 5.21. The minimum Gasteiger partial charge on any atom is -0.384 e. The lowest BCUT2D eigenvalue weighted by Crippen LogP contribution is -2.16. The zero-order chi connectivity index (χ0) is 7.28. The fourth-order valence-corrected chi connectivity index (χ4v) is 1.02. The molecule has 9 heavy (non-hydrogen) atoms. The van der Waals surface area contributed by atoms with E-state index in [2.05, 4.69) is 30.8 Å². The third kappa shape index (κ3) is 8.20. The van der Waals surface area contributed by atoms with Gasteiger partial charge in [-0.2, -0.15) is 0 Å². The van der Waals surface area contributed by atoms with E-state index in [1.807, 2.05) is 0 Å². The van der Waals surface area contributed by atoms with Gasteiger partial charge in [0.2, 0.25) is 0 Å². The smallest absolute Gasteiger partial charge is 0.146 e. The molecule has 0 unspecified atom stereocenters. The lowest BCUT2D eigenvalue weighted by Gasteiger charge is -2.03. The molecule has 0 saturated heterocycles. The molecule has 4 heteroatoms. The molecular formula is C5H12N2S2. The maximum atomic E-state index is 5.21. The summed E-state index contributed by atoms with van der Waals surface area (Å²) in [4.78, 5) is 0. The van der Waals surface area contributed by atoms with Crippen LogP contribution in [0.25, 0.3) is 0 Å². The van der Waals surface area contributed by atoms with Crippen LogP contribution in [0, 0.1) is 5.92 Å². The maximum Gasteiger partial charge on any atom is 0.146 e. The zero-order valence-corrected chi connectivity index (χ0v) is 7.31. The van der Waals surface area contributed by atoms with E-state index in [4.69, 9.17) is 5.73 Å². The summed E-state index contributed by atoms with van der Waals surface area (Å²) in [6.45, 7) is 5.21. The van der Waals surface area contributed by atoms with E-state index in [9.17, 15) is 0 Å². The van der Waals surface area contributed by atoms with E-state index in [1.165, 1.54) is 11.9 Å². The van der Waals surface area contributed by atoms with Crippen molar-refractivity contribution >= 4 is 28.5 Å². The van der Waals surface area contributed by atoms with Crippen LogP contribution in [0.1, 0.15) is 13.8 Å². The SMILES string of the molecule is CC(C)CNSC(N)=S. The number of hydrogen-bond donors (Lipinski definition) is 2. The van der Waals surface area contributed by atoms with Gasteiger partial charge >= 0.3 is 0 Å². The second-order valence-corrected chi connectivity index (χ2v) is 3.79. The predicted octanol–water partition coefficient (Wildman–Crippen LogP) is 1.12. The lowest BCUT2D eigenvalue weighted by molar-refractivity contribution is 0.641. The third-order valence-electron chi connectivity index (χ3n) is 0.664. The number of thiocarbonyl (C=S) groups is 1. The molecule has 0 aromatic rings.